The van der Waals surface area contributed by atoms with Crippen molar-refractivity contribution < 1.29 is 9.47 Å². The highest BCUT2D eigenvalue weighted by atomic mass is 79.9. The number of rotatable bonds is 4. The molecule has 2 N–H and O–H groups in total. The summed E-state index contributed by atoms with van der Waals surface area (Å²) in [5.74, 6) is 1.70. The molecule has 0 amide bonds. The fraction of sp³-hybridized carbons (Fsp3) is 0.250. The standard InChI is InChI=1S/C16H15BrClNO2/c17-13-5-10-3-4-20-16(10)12(6-13)9-21-15-2-1-14(18)7-11(15)8-19/h1-2,5-7H,3-4,8-9,19H2. The molecule has 0 spiro atoms. The van der Waals surface area contributed by atoms with Crippen LogP contribution in [0.25, 0.3) is 0 Å². The lowest BCUT2D eigenvalue weighted by molar-refractivity contribution is 0.289. The maximum atomic E-state index is 5.97. The summed E-state index contributed by atoms with van der Waals surface area (Å²) in [6, 6.07) is 9.61. The van der Waals surface area contributed by atoms with Crippen LogP contribution in [0, 0.1) is 0 Å². The lowest BCUT2D eigenvalue weighted by Gasteiger charge is -2.13. The minimum atomic E-state index is 0.392. The topological polar surface area (TPSA) is 44.5 Å². The van der Waals surface area contributed by atoms with Gasteiger partial charge in [0.25, 0.3) is 0 Å². The first kappa shape index (κ1) is 14.7. The summed E-state index contributed by atoms with van der Waals surface area (Å²) in [5.41, 5.74) is 8.89. The van der Waals surface area contributed by atoms with Crippen LogP contribution >= 0.6 is 27.5 Å². The van der Waals surface area contributed by atoms with Crippen molar-refractivity contribution in [3.8, 4) is 11.5 Å². The zero-order valence-corrected chi connectivity index (χ0v) is 13.7. The molecule has 0 radical (unpaired) electrons. The van der Waals surface area contributed by atoms with Crippen molar-refractivity contribution in [1.82, 2.24) is 0 Å². The molecule has 0 atom stereocenters. The van der Waals surface area contributed by atoms with Crippen LogP contribution < -0.4 is 15.2 Å². The van der Waals surface area contributed by atoms with Gasteiger partial charge in [0.15, 0.2) is 0 Å². The van der Waals surface area contributed by atoms with Crippen LogP contribution in [0.5, 0.6) is 11.5 Å². The summed E-state index contributed by atoms with van der Waals surface area (Å²) >= 11 is 9.50. The Labute approximate surface area is 137 Å². The summed E-state index contributed by atoms with van der Waals surface area (Å²) in [7, 11) is 0. The van der Waals surface area contributed by atoms with Gasteiger partial charge in [0.1, 0.15) is 18.1 Å². The molecular weight excluding hydrogens is 354 g/mol. The molecule has 3 nitrogen and oxygen atoms in total. The quantitative estimate of drug-likeness (QED) is 0.884. The van der Waals surface area contributed by atoms with Gasteiger partial charge in [-0.15, -0.1) is 0 Å². The second-order valence-corrected chi connectivity index (χ2v) is 6.25. The summed E-state index contributed by atoms with van der Waals surface area (Å²) < 4.78 is 12.7. The Kier molecular flexibility index (Phi) is 4.38. The van der Waals surface area contributed by atoms with Gasteiger partial charge in [-0.3, -0.25) is 0 Å². The second kappa shape index (κ2) is 6.26. The molecule has 0 fully saturated rings. The van der Waals surface area contributed by atoms with Gasteiger partial charge in [0.05, 0.1) is 6.61 Å². The molecule has 0 saturated heterocycles. The molecule has 110 valence electrons. The van der Waals surface area contributed by atoms with E-state index in [1.807, 2.05) is 18.2 Å². The van der Waals surface area contributed by atoms with Crippen molar-refractivity contribution in [2.75, 3.05) is 6.61 Å². The van der Waals surface area contributed by atoms with Gasteiger partial charge < -0.3 is 15.2 Å². The highest BCUT2D eigenvalue weighted by Crippen LogP contribution is 2.34. The Morgan fingerprint density at radius 3 is 2.90 bits per heavy atom. The molecule has 0 aromatic heterocycles. The normalized spacial score (nSPS) is 12.9. The first-order valence-corrected chi connectivity index (χ1v) is 7.90. The first-order chi connectivity index (χ1) is 10.2. The van der Waals surface area contributed by atoms with E-state index in [9.17, 15) is 0 Å². The first-order valence-electron chi connectivity index (χ1n) is 6.73. The van der Waals surface area contributed by atoms with Crippen molar-refractivity contribution >= 4 is 27.5 Å². The van der Waals surface area contributed by atoms with Crippen LogP contribution in [0.4, 0.5) is 0 Å². The molecular formula is C16H15BrClNO2. The third kappa shape index (κ3) is 3.18. The highest BCUT2D eigenvalue weighted by molar-refractivity contribution is 9.10. The molecule has 0 unspecified atom stereocenters. The number of nitrogens with two attached hydrogens (primary N) is 1. The number of benzene rings is 2. The van der Waals surface area contributed by atoms with Crippen LogP contribution in [0.15, 0.2) is 34.8 Å². The van der Waals surface area contributed by atoms with Crippen LogP contribution in [0.2, 0.25) is 5.02 Å². The number of ether oxygens (including phenoxy) is 2. The van der Waals surface area contributed by atoms with E-state index in [1.165, 1.54) is 5.56 Å². The van der Waals surface area contributed by atoms with Crippen molar-refractivity contribution in [3.05, 3.63) is 56.5 Å². The van der Waals surface area contributed by atoms with Gasteiger partial charge in [-0.1, -0.05) is 27.5 Å². The van der Waals surface area contributed by atoms with Crippen LogP contribution in [0.1, 0.15) is 16.7 Å². The van der Waals surface area contributed by atoms with Crippen molar-refractivity contribution in [2.45, 2.75) is 19.6 Å². The molecule has 0 saturated carbocycles. The van der Waals surface area contributed by atoms with Gasteiger partial charge in [-0.25, -0.2) is 0 Å². The van der Waals surface area contributed by atoms with Crippen molar-refractivity contribution in [3.63, 3.8) is 0 Å². The fourth-order valence-electron chi connectivity index (χ4n) is 2.46. The molecule has 0 aliphatic carbocycles. The second-order valence-electron chi connectivity index (χ2n) is 4.90. The average Bonchev–Trinajstić information content (AvgIpc) is 2.93. The van der Waals surface area contributed by atoms with E-state index in [-0.39, 0.29) is 0 Å². The lowest BCUT2D eigenvalue weighted by Crippen LogP contribution is -2.04. The minimum Gasteiger partial charge on any atom is -0.493 e. The summed E-state index contributed by atoms with van der Waals surface area (Å²) in [5, 5.41) is 0.662. The Bertz CT molecular complexity index is 676. The van der Waals surface area contributed by atoms with Gasteiger partial charge in [-0.2, -0.15) is 0 Å². The number of halogens is 2. The molecule has 21 heavy (non-hydrogen) atoms. The summed E-state index contributed by atoms with van der Waals surface area (Å²) in [6.45, 7) is 1.56. The Morgan fingerprint density at radius 2 is 2.10 bits per heavy atom. The van der Waals surface area contributed by atoms with E-state index < -0.39 is 0 Å². The van der Waals surface area contributed by atoms with Crippen molar-refractivity contribution in [1.29, 1.82) is 0 Å². The Hall–Kier alpha value is -1.23. The maximum absolute atomic E-state index is 5.97. The molecule has 2 aromatic rings. The highest BCUT2D eigenvalue weighted by Gasteiger charge is 2.18. The lowest BCUT2D eigenvalue weighted by atomic mass is 10.1. The van der Waals surface area contributed by atoms with Crippen LogP contribution in [0.3, 0.4) is 0 Å². The van der Waals surface area contributed by atoms with E-state index in [2.05, 4.69) is 22.0 Å². The molecule has 3 rings (SSSR count). The Morgan fingerprint density at radius 1 is 1.24 bits per heavy atom. The van der Waals surface area contributed by atoms with Crippen molar-refractivity contribution in [2.24, 2.45) is 5.73 Å². The van der Waals surface area contributed by atoms with E-state index in [4.69, 9.17) is 26.8 Å². The third-order valence-electron chi connectivity index (χ3n) is 3.45. The van der Waals surface area contributed by atoms with Gasteiger partial charge in [0.2, 0.25) is 0 Å². The zero-order valence-electron chi connectivity index (χ0n) is 11.4. The van der Waals surface area contributed by atoms with Gasteiger partial charge >= 0.3 is 0 Å². The number of hydrogen-bond donors (Lipinski definition) is 1. The molecule has 1 heterocycles. The van der Waals surface area contributed by atoms with E-state index in [0.29, 0.717) is 18.2 Å². The summed E-state index contributed by atoms with van der Waals surface area (Å²) in [6.07, 6.45) is 0.941. The number of hydrogen-bond acceptors (Lipinski definition) is 3. The van der Waals surface area contributed by atoms with E-state index >= 15 is 0 Å². The predicted octanol–water partition coefficient (Wildman–Crippen LogP) is 4.08. The molecule has 1 aliphatic rings. The van der Waals surface area contributed by atoms with E-state index in [0.717, 1.165) is 40.1 Å². The van der Waals surface area contributed by atoms with E-state index in [1.54, 1.807) is 6.07 Å². The fourth-order valence-corrected chi connectivity index (χ4v) is 3.20. The smallest absolute Gasteiger partial charge is 0.129 e. The maximum Gasteiger partial charge on any atom is 0.129 e. The third-order valence-corrected chi connectivity index (χ3v) is 4.14. The average molecular weight is 369 g/mol. The zero-order chi connectivity index (χ0) is 14.8. The van der Waals surface area contributed by atoms with Crippen LogP contribution in [-0.4, -0.2) is 6.61 Å². The minimum absolute atomic E-state index is 0.392. The van der Waals surface area contributed by atoms with Gasteiger partial charge in [0, 0.05) is 33.6 Å². The predicted molar refractivity (Wildman–Crippen MR) is 87.0 cm³/mol. The molecule has 0 bridgehead atoms. The largest absolute Gasteiger partial charge is 0.493 e. The summed E-state index contributed by atoms with van der Waals surface area (Å²) in [4.78, 5) is 0. The monoisotopic (exact) mass is 367 g/mol. The molecule has 1 aliphatic heterocycles. The SMILES string of the molecule is NCc1cc(Cl)ccc1OCc1cc(Br)cc2c1OCC2. The van der Waals surface area contributed by atoms with Crippen LogP contribution in [-0.2, 0) is 19.6 Å². The Balaban J connectivity index is 1.83. The molecule has 5 heteroatoms. The van der Waals surface area contributed by atoms with Gasteiger partial charge in [-0.05, 0) is 35.9 Å². The number of fused-ring (bicyclic) bond motifs is 1. The molecule has 2 aromatic carbocycles.